The molecule has 0 amide bonds. The molecule has 0 bridgehead atoms. The van der Waals surface area contributed by atoms with Gasteiger partial charge in [-0.25, -0.2) is 4.98 Å². The summed E-state index contributed by atoms with van der Waals surface area (Å²) in [7, 11) is 0. The van der Waals surface area contributed by atoms with Crippen LogP contribution in [0.2, 0.25) is 0 Å². The lowest BCUT2D eigenvalue weighted by atomic mass is 9.99. The van der Waals surface area contributed by atoms with Gasteiger partial charge in [0, 0.05) is 44.3 Å². The molecule has 11 rings (SSSR count). The highest BCUT2D eigenvalue weighted by atomic mass is 16.3. The lowest BCUT2D eigenvalue weighted by molar-refractivity contribution is 0.623. The Morgan fingerprint density at radius 1 is 0.421 bits per heavy atom. The van der Waals surface area contributed by atoms with Gasteiger partial charge in [0.25, 0.3) is 0 Å². The molecule has 2 heterocycles. The summed E-state index contributed by atoms with van der Waals surface area (Å²) >= 11 is 0. The summed E-state index contributed by atoms with van der Waals surface area (Å²) in [6.07, 6.45) is 0. The molecule has 0 unspecified atom stereocenters. The van der Waals surface area contributed by atoms with Crippen molar-refractivity contribution >= 4 is 60.7 Å². The van der Waals surface area contributed by atoms with Crippen molar-refractivity contribution in [2.75, 3.05) is 4.90 Å². The highest BCUT2D eigenvalue weighted by Crippen LogP contribution is 2.42. The Labute approximate surface area is 330 Å². The number of oxazole rings is 1. The molecule has 268 valence electrons. The van der Waals surface area contributed by atoms with E-state index >= 15 is 0 Å². The van der Waals surface area contributed by atoms with Gasteiger partial charge in [-0.2, -0.15) is 0 Å². The van der Waals surface area contributed by atoms with Crippen LogP contribution in [0.1, 0.15) is 0 Å². The minimum absolute atomic E-state index is 0.631. The standard InChI is InChI=1S/C53H35N3O/c1-3-13-37(14-4-1)44-17-7-10-20-49(44)55(42-30-32-43(33-31-42)56-50-21-11-8-18-45(50)46-19-9-12-22-51(46)56)41-28-25-36(26-29-41)40-24-23-38-27-34-48-52(47(38)35-40)57-53(54-48)39-15-5-2-6-16-39/h1-35H. The predicted molar refractivity (Wildman–Crippen MR) is 237 cm³/mol. The molecule has 57 heavy (non-hydrogen) atoms. The van der Waals surface area contributed by atoms with Gasteiger partial charge in [0.15, 0.2) is 5.58 Å². The van der Waals surface area contributed by atoms with E-state index < -0.39 is 0 Å². The van der Waals surface area contributed by atoms with Gasteiger partial charge in [-0.3, -0.25) is 0 Å². The second kappa shape index (κ2) is 13.6. The Bertz CT molecular complexity index is 3160. The summed E-state index contributed by atoms with van der Waals surface area (Å²) in [4.78, 5) is 7.19. The fourth-order valence-electron chi connectivity index (χ4n) is 8.30. The van der Waals surface area contributed by atoms with Gasteiger partial charge >= 0.3 is 0 Å². The second-order valence-corrected chi connectivity index (χ2v) is 14.4. The highest BCUT2D eigenvalue weighted by Gasteiger charge is 2.19. The maximum absolute atomic E-state index is 6.41. The smallest absolute Gasteiger partial charge is 0.227 e. The molecule has 4 nitrogen and oxygen atoms in total. The van der Waals surface area contributed by atoms with Gasteiger partial charge in [0.1, 0.15) is 5.52 Å². The molecule has 0 N–H and O–H groups in total. The highest BCUT2D eigenvalue weighted by molar-refractivity contribution is 6.09. The van der Waals surface area contributed by atoms with Crippen molar-refractivity contribution in [3.05, 3.63) is 212 Å². The minimum Gasteiger partial charge on any atom is -0.435 e. The fourth-order valence-corrected chi connectivity index (χ4v) is 8.30. The lowest BCUT2D eigenvalue weighted by Gasteiger charge is -2.28. The number of hydrogen-bond acceptors (Lipinski definition) is 3. The van der Waals surface area contributed by atoms with E-state index in [1.165, 1.54) is 27.4 Å². The van der Waals surface area contributed by atoms with Crippen LogP contribution in [0.15, 0.2) is 217 Å². The third-order valence-corrected chi connectivity index (χ3v) is 11.0. The monoisotopic (exact) mass is 729 g/mol. The molecule has 4 heteroatoms. The van der Waals surface area contributed by atoms with E-state index in [0.717, 1.165) is 66.9 Å². The van der Waals surface area contributed by atoms with Gasteiger partial charge in [-0.15, -0.1) is 0 Å². The molecule has 0 aliphatic heterocycles. The lowest BCUT2D eigenvalue weighted by Crippen LogP contribution is -2.11. The van der Waals surface area contributed by atoms with Crippen molar-refractivity contribution in [3.8, 4) is 39.4 Å². The summed E-state index contributed by atoms with van der Waals surface area (Å²) in [6, 6.07) is 75.3. The number of hydrogen-bond donors (Lipinski definition) is 0. The van der Waals surface area contributed by atoms with Gasteiger partial charge in [-0.05, 0) is 101 Å². The third kappa shape index (κ3) is 5.66. The molecule has 9 aromatic carbocycles. The Kier molecular flexibility index (Phi) is 7.78. The van der Waals surface area contributed by atoms with E-state index in [1.807, 2.05) is 36.4 Å². The zero-order valence-electron chi connectivity index (χ0n) is 31.0. The maximum atomic E-state index is 6.41. The van der Waals surface area contributed by atoms with E-state index in [2.05, 4.69) is 185 Å². The molecule has 0 aliphatic carbocycles. The van der Waals surface area contributed by atoms with Crippen LogP contribution in [-0.4, -0.2) is 9.55 Å². The number of para-hydroxylation sites is 3. The topological polar surface area (TPSA) is 34.2 Å². The Morgan fingerprint density at radius 2 is 0.982 bits per heavy atom. The zero-order valence-corrected chi connectivity index (χ0v) is 31.0. The van der Waals surface area contributed by atoms with E-state index in [0.29, 0.717) is 5.89 Å². The molecule has 0 spiro atoms. The average Bonchev–Trinajstić information content (AvgIpc) is 3.88. The summed E-state index contributed by atoms with van der Waals surface area (Å²) in [5.74, 6) is 0.631. The molecule has 0 radical (unpaired) electrons. The summed E-state index contributed by atoms with van der Waals surface area (Å²) in [5, 5.41) is 4.67. The van der Waals surface area contributed by atoms with E-state index in [4.69, 9.17) is 9.40 Å². The molecule has 0 saturated carbocycles. The van der Waals surface area contributed by atoms with Crippen molar-refractivity contribution in [1.82, 2.24) is 9.55 Å². The number of nitrogens with zero attached hydrogens (tertiary/aromatic N) is 3. The van der Waals surface area contributed by atoms with Crippen molar-refractivity contribution < 1.29 is 4.42 Å². The van der Waals surface area contributed by atoms with Crippen LogP contribution in [0, 0.1) is 0 Å². The van der Waals surface area contributed by atoms with Crippen LogP contribution in [0.5, 0.6) is 0 Å². The van der Waals surface area contributed by atoms with Crippen LogP contribution in [0.3, 0.4) is 0 Å². The number of anilines is 3. The van der Waals surface area contributed by atoms with Crippen molar-refractivity contribution in [2.45, 2.75) is 0 Å². The van der Waals surface area contributed by atoms with Crippen LogP contribution >= 0.6 is 0 Å². The van der Waals surface area contributed by atoms with Gasteiger partial charge in [-0.1, -0.05) is 133 Å². The minimum atomic E-state index is 0.631. The first-order valence-electron chi connectivity index (χ1n) is 19.3. The molecule has 2 aromatic heterocycles. The van der Waals surface area contributed by atoms with Crippen LogP contribution < -0.4 is 4.90 Å². The van der Waals surface area contributed by atoms with Gasteiger partial charge in [0.2, 0.25) is 5.89 Å². The van der Waals surface area contributed by atoms with Crippen LogP contribution in [0.25, 0.3) is 83.1 Å². The third-order valence-electron chi connectivity index (χ3n) is 11.0. The first kappa shape index (κ1) is 32.7. The van der Waals surface area contributed by atoms with Crippen molar-refractivity contribution in [1.29, 1.82) is 0 Å². The first-order chi connectivity index (χ1) is 28.3. The Balaban J connectivity index is 1.01. The quantitative estimate of drug-likeness (QED) is 0.164. The SMILES string of the molecule is c1ccc(-c2nc3ccc4ccc(-c5ccc(N(c6ccc(-n7c8ccccc8c8ccccc87)cc6)c6ccccc6-c6ccccc6)cc5)cc4c3o2)cc1. The molecule has 0 aliphatic rings. The zero-order chi connectivity index (χ0) is 37.7. The maximum Gasteiger partial charge on any atom is 0.227 e. The van der Waals surface area contributed by atoms with Gasteiger partial charge in [0.05, 0.1) is 16.7 Å². The van der Waals surface area contributed by atoms with Crippen molar-refractivity contribution in [2.24, 2.45) is 0 Å². The first-order valence-corrected chi connectivity index (χ1v) is 19.3. The molecule has 0 saturated heterocycles. The molecule has 0 fully saturated rings. The molecule has 11 aromatic rings. The van der Waals surface area contributed by atoms with Crippen LogP contribution in [-0.2, 0) is 0 Å². The summed E-state index contributed by atoms with van der Waals surface area (Å²) < 4.78 is 8.77. The second-order valence-electron chi connectivity index (χ2n) is 14.4. The number of benzene rings is 9. The molecular formula is C53H35N3O. The number of fused-ring (bicyclic) bond motifs is 6. The number of aromatic nitrogens is 2. The Hall–Kier alpha value is -7.69. The van der Waals surface area contributed by atoms with E-state index in [9.17, 15) is 0 Å². The van der Waals surface area contributed by atoms with Crippen LogP contribution in [0.4, 0.5) is 17.1 Å². The average molecular weight is 730 g/mol. The number of rotatable bonds is 7. The van der Waals surface area contributed by atoms with E-state index in [1.54, 1.807) is 0 Å². The predicted octanol–water partition coefficient (Wildman–Crippen LogP) is 14.5. The summed E-state index contributed by atoms with van der Waals surface area (Å²) in [5.41, 5.74) is 14.0. The normalized spacial score (nSPS) is 11.5. The molecular weight excluding hydrogens is 695 g/mol. The fraction of sp³-hybridized carbons (Fsp3) is 0. The largest absolute Gasteiger partial charge is 0.435 e. The Morgan fingerprint density at radius 3 is 1.68 bits per heavy atom. The van der Waals surface area contributed by atoms with Gasteiger partial charge < -0.3 is 13.9 Å². The summed E-state index contributed by atoms with van der Waals surface area (Å²) in [6.45, 7) is 0. The van der Waals surface area contributed by atoms with Crippen molar-refractivity contribution in [3.63, 3.8) is 0 Å². The molecule has 0 atom stereocenters. The van der Waals surface area contributed by atoms with E-state index in [-0.39, 0.29) is 0 Å².